The van der Waals surface area contributed by atoms with Crippen LogP contribution in [0.1, 0.15) is 49.4 Å². The molecule has 0 amide bonds. The number of aryl methyl sites for hydroxylation is 1. The van der Waals surface area contributed by atoms with Gasteiger partial charge in [0.2, 0.25) is 0 Å². The van der Waals surface area contributed by atoms with Crippen LogP contribution in [0.25, 0.3) is 6.08 Å². The molecule has 1 aliphatic heterocycles. The Balaban J connectivity index is 0.00000306. The highest BCUT2D eigenvalue weighted by atomic mass is 35.5. The van der Waals surface area contributed by atoms with Gasteiger partial charge in [-0.2, -0.15) is 12.6 Å². The Morgan fingerprint density at radius 3 is 2.73 bits per heavy atom. The Hall–Kier alpha value is -2.23. The monoisotopic (exact) mass is 494 g/mol. The maximum atomic E-state index is 14.7. The molecule has 2 fully saturated rings. The van der Waals surface area contributed by atoms with Crippen LogP contribution >= 0.6 is 25.0 Å². The van der Waals surface area contributed by atoms with Crippen molar-refractivity contribution < 1.29 is 19.1 Å². The van der Waals surface area contributed by atoms with Gasteiger partial charge in [0.1, 0.15) is 5.82 Å². The molecular formula is C23H28ClFN4O3S. The van der Waals surface area contributed by atoms with Crippen molar-refractivity contribution in [2.75, 3.05) is 13.1 Å². The van der Waals surface area contributed by atoms with Crippen molar-refractivity contribution in [2.24, 2.45) is 5.92 Å². The first-order chi connectivity index (χ1) is 15.4. The van der Waals surface area contributed by atoms with Gasteiger partial charge in [-0.1, -0.05) is 23.4 Å². The lowest BCUT2D eigenvalue weighted by Gasteiger charge is -2.37. The SMILES string of the molecule is Cl.O=C(O)CCCn1nncc1C=C1CN(C(C(=O)C2CC2)c2ccccc2F)CCC1S. The summed E-state index contributed by atoms with van der Waals surface area (Å²) in [5.74, 6) is -1.10. The molecule has 1 saturated heterocycles. The molecule has 1 aromatic carbocycles. The zero-order valence-electron chi connectivity index (χ0n) is 18.1. The number of Topliss-reactive ketones (excluding diaryl/α,β-unsaturated/α-hetero) is 1. The third kappa shape index (κ3) is 6.22. The fourth-order valence-electron chi connectivity index (χ4n) is 4.19. The van der Waals surface area contributed by atoms with Crippen LogP contribution in [0.2, 0.25) is 0 Å². The average molecular weight is 495 g/mol. The Morgan fingerprint density at radius 1 is 1.27 bits per heavy atom. The maximum Gasteiger partial charge on any atom is 0.303 e. The van der Waals surface area contributed by atoms with Gasteiger partial charge in [-0.3, -0.25) is 14.5 Å². The molecule has 4 rings (SSSR count). The Bertz CT molecular complexity index is 1030. The number of thiol groups is 1. The summed E-state index contributed by atoms with van der Waals surface area (Å²) in [6.07, 6.45) is 6.59. The van der Waals surface area contributed by atoms with Crippen molar-refractivity contribution in [3.05, 3.63) is 53.1 Å². The van der Waals surface area contributed by atoms with E-state index in [9.17, 15) is 14.0 Å². The highest BCUT2D eigenvalue weighted by molar-refractivity contribution is 7.81. The quantitative estimate of drug-likeness (QED) is 0.515. The van der Waals surface area contributed by atoms with E-state index in [2.05, 4.69) is 15.2 Å². The molecule has 0 spiro atoms. The minimum atomic E-state index is -0.845. The van der Waals surface area contributed by atoms with E-state index in [0.717, 1.165) is 30.5 Å². The van der Waals surface area contributed by atoms with Gasteiger partial charge in [0, 0.05) is 42.8 Å². The number of ketones is 1. The van der Waals surface area contributed by atoms with E-state index in [-0.39, 0.29) is 41.6 Å². The van der Waals surface area contributed by atoms with Crippen molar-refractivity contribution in [2.45, 2.75) is 49.9 Å². The summed E-state index contributed by atoms with van der Waals surface area (Å²) in [4.78, 5) is 26.0. The number of carboxylic acids is 1. The number of carboxylic acid groups (broad SMARTS) is 1. The molecule has 1 aliphatic carbocycles. The molecule has 2 atom stereocenters. The first kappa shape index (κ1) is 25.4. The highest BCUT2D eigenvalue weighted by Gasteiger charge is 2.40. The number of carbonyl (C=O) groups is 2. The van der Waals surface area contributed by atoms with Crippen LogP contribution in [-0.2, 0) is 16.1 Å². The standard InChI is InChI=1S/C23H27FN4O3S.ClH/c24-19-5-2-1-4-18(19)22(23(31)15-7-8-15)27-11-9-20(32)16(14-27)12-17-13-25-26-28(17)10-3-6-21(29)30;/h1-2,4-5,12-13,15,20,22,32H,3,6-11,14H2,(H,29,30);1H. The fourth-order valence-corrected chi connectivity index (χ4v) is 4.47. The van der Waals surface area contributed by atoms with Crippen LogP contribution in [0.3, 0.4) is 0 Å². The summed E-state index contributed by atoms with van der Waals surface area (Å²) in [7, 11) is 0. The van der Waals surface area contributed by atoms with Crippen molar-refractivity contribution >= 4 is 42.9 Å². The van der Waals surface area contributed by atoms with Crippen LogP contribution in [0.15, 0.2) is 36.0 Å². The lowest BCUT2D eigenvalue weighted by Crippen LogP contribution is -2.42. The summed E-state index contributed by atoms with van der Waals surface area (Å²) < 4.78 is 16.4. The molecule has 2 heterocycles. The molecule has 2 aliphatic rings. The number of piperidine rings is 1. The first-order valence-corrected chi connectivity index (χ1v) is 11.5. The van der Waals surface area contributed by atoms with Gasteiger partial charge in [0.15, 0.2) is 5.78 Å². The molecule has 178 valence electrons. The summed E-state index contributed by atoms with van der Waals surface area (Å²) in [5.41, 5.74) is 2.20. The van der Waals surface area contributed by atoms with Gasteiger partial charge in [-0.25, -0.2) is 9.07 Å². The number of likely N-dealkylation sites (tertiary alicyclic amines) is 1. The van der Waals surface area contributed by atoms with E-state index in [0.29, 0.717) is 31.6 Å². The lowest BCUT2D eigenvalue weighted by atomic mass is 9.93. The van der Waals surface area contributed by atoms with E-state index < -0.39 is 12.0 Å². The fraction of sp³-hybridized carbons (Fsp3) is 0.478. The van der Waals surface area contributed by atoms with Gasteiger partial charge >= 0.3 is 5.97 Å². The van der Waals surface area contributed by atoms with Gasteiger partial charge in [0.25, 0.3) is 0 Å². The first-order valence-electron chi connectivity index (χ1n) is 10.9. The smallest absolute Gasteiger partial charge is 0.303 e. The normalized spacial score (nSPS) is 20.9. The number of aliphatic carboxylic acids is 1. The summed E-state index contributed by atoms with van der Waals surface area (Å²) >= 11 is 4.74. The largest absolute Gasteiger partial charge is 0.481 e. The zero-order valence-corrected chi connectivity index (χ0v) is 19.8. The van der Waals surface area contributed by atoms with Crippen LogP contribution < -0.4 is 0 Å². The third-order valence-corrected chi connectivity index (χ3v) is 6.65. The van der Waals surface area contributed by atoms with E-state index in [4.69, 9.17) is 17.7 Å². The van der Waals surface area contributed by atoms with E-state index in [1.165, 1.54) is 6.07 Å². The van der Waals surface area contributed by atoms with Crippen molar-refractivity contribution in [1.82, 2.24) is 19.9 Å². The van der Waals surface area contributed by atoms with E-state index >= 15 is 0 Å². The van der Waals surface area contributed by atoms with Crippen LogP contribution in [-0.4, -0.2) is 55.1 Å². The lowest BCUT2D eigenvalue weighted by molar-refractivity contribution is -0.137. The number of carbonyl (C=O) groups excluding carboxylic acids is 1. The molecule has 1 aromatic heterocycles. The van der Waals surface area contributed by atoms with E-state index in [1.807, 2.05) is 6.08 Å². The summed E-state index contributed by atoms with van der Waals surface area (Å²) in [6, 6.07) is 5.92. The minimum absolute atomic E-state index is 0. The maximum absolute atomic E-state index is 14.7. The minimum Gasteiger partial charge on any atom is -0.481 e. The van der Waals surface area contributed by atoms with Gasteiger partial charge < -0.3 is 5.11 Å². The number of rotatable bonds is 9. The molecule has 2 unspecified atom stereocenters. The Labute approximate surface area is 203 Å². The van der Waals surface area contributed by atoms with E-state index in [1.54, 1.807) is 29.1 Å². The summed E-state index contributed by atoms with van der Waals surface area (Å²) in [5, 5.41) is 16.9. The predicted molar refractivity (Wildman–Crippen MR) is 128 cm³/mol. The van der Waals surface area contributed by atoms with Crippen molar-refractivity contribution in [3.8, 4) is 0 Å². The van der Waals surface area contributed by atoms with Crippen LogP contribution in [0.5, 0.6) is 0 Å². The van der Waals surface area contributed by atoms with Crippen molar-refractivity contribution in [3.63, 3.8) is 0 Å². The Kier molecular flexibility index (Phi) is 8.67. The van der Waals surface area contributed by atoms with Crippen LogP contribution in [0.4, 0.5) is 4.39 Å². The molecule has 33 heavy (non-hydrogen) atoms. The second-order valence-electron chi connectivity index (χ2n) is 8.47. The second-order valence-corrected chi connectivity index (χ2v) is 9.10. The predicted octanol–water partition coefficient (Wildman–Crippen LogP) is 3.81. The molecule has 0 radical (unpaired) electrons. The summed E-state index contributed by atoms with van der Waals surface area (Å²) in [6.45, 7) is 1.59. The van der Waals surface area contributed by atoms with Crippen LogP contribution in [0, 0.1) is 11.7 Å². The molecule has 0 bridgehead atoms. The Morgan fingerprint density at radius 2 is 2.03 bits per heavy atom. The van der Waals surface area contributed by atoms with Gasteiger partial charge in [0.05, 0.1) is 17.9 Å². The molecule has 1 saturated carbocycles. The van der Waals surface area contributed by atoms with Crippen molar-refractivity contribution in [1.29, 1.82) is 0 Å². The second kappa shape index (κ2) is 11.3. The average Bonchev–Trinajstić information content (AvgIpc) is 3.53. The number of hydrogen-bond acceptors (Lipinski definition) is 6. The zero-order chi connectivity index (χ0) is 22.7. The number of aromatic nitrogens is 3. The third-order valence-electron chi connectivity index (χ3n) is 6.06. The number of halogens is 2. The number of nitrogens with zero attached hydrogens (tertiary/aromatic N) is 4. The van der Waals surface area contributed by atoms with Gasteiger partial charge in [-0.15, -0.1) is 17.5 Å². The molecule has 2 aromatic rings. The molecule has 7 nitrogen and oxygen atoms in total. The van der Waals surface area contributed by atoms with Gasteiger partial charge in [-0.05, 0) is 43.4 Å². The number of benzene rings is 1. The topological polar surface area (TPSA) is 88.3 Å². The molecular weight excluding hydrogens is 467 g/mol. The molecule has 1 N–H and O–H groups in total. The number of hydrogen-bond donors (Lipinski definition) is 2. The molecule has 10 heteroatoms. The highest BCUT2D eigenvalue weighted by Crippen LogP contribution is 2.39.